The van der Waals surface area contributed by atoms with Crippen LogP contribution in [0.2, 0.25) is 0 Å². The fourth-order valence-electron chi connectivity index (χ4n) is 3.59. The number of hydrogen-bond donors (Lipinski definition) is 3. The van der Waals surface area contributed by atoms with Crippen molar-refractivity contribution in [3.05, 3.63) is 89.6 Å². The summed E-state index contributed by atoms with van der Waals surface area (Å²) in [5.41, 5.74) is 2.51. The van der Waals surface area contributed by atoms with E-state index in [1.165, 1.54) is 31.4 Å². The van der Waals surface area contributed by atoms with Crippen LogP contribution in [0.5, 0.6) is 11.5 Å². The number of nitrogens with zero attached hydrogens (tertiary/aromatic N) is 3. The maximum atomic E-state index is 14.8. The second kappa shape index (κ2) is 10.7. The molecule has 2 aromatic heterocycles. The summed E-state index contributed by atoms with van der Waals surface area (Å²) in [6.45, 7) is 8.07. The first kappa shape index (κ1) is 26.3. The van der Waals surface area contributed by atoms with Crippen molar-refractivity contribution in [1.82, 2.24) is 20.1 Å². The number of nitrogens with one attached hydrogen (secondary N) is 3. The number of carbonyl (C=O) groups excluding carboxylic acids is 2. The van der Waals surface area contributed by atoms with E-state index >= 15 is 0 Å². The number of aromatic nitrogens is 3. The lowest BCUT2D eigenvalue weighted by molar-refractivity contribution is 0.0957. The Balaban J connectivity index is 1.50. The molecule has 3 N–H and O–H groups in total. The summed E-state index contributed by atoms with van der Waals surface area (Å²) < 4.78 is 22.2. The van der Waals surface area contributed by atoms with Crippen molar-refractivity contribution < 1.29 is 18.7 Å². The van der Waals surface area contributed by atoms with Crippen LogP contribution in [0.1, 0.15) is 42.5 Å². The minimum absolute atomic E-state index is 0.0340. The molecule has 0 aliphatic rings. The third-order valence-electron chi connectivity index (χ3n) is 5.58. The highest BCUT2D eigenvalue weighted by Gasteiger charge is 2.22. The van der Waals surface area contributed by atoms with E-state index in [2.05, 4.69) is 20.9 Å². The lowest BCUT2D eigenvalue weighted by atomic mass is 9.92. The summed E-state index contributed by atoms with van der Waals surface area (Å²) in [4.78, 5) is 28.6. The van der Waals surface area contributed by atoms with Gasteiger partial charge >= 0.3 is 6.03 Å². The lowest BCUT2D eigenvalue weighted by Gasteiger charge is -2.14. The minimum atomic E-state index is -0.694. The predicted octanol–water partition coefficient (Wildman–Crippen LogP) is 5.81. The zero-order valence-corrected chi connectivity index (χ0v) is 21.8. The Morgan fingerprint density at radius 2 is 1.74 bits per heavy atom. The van der Waals surface area contributed by atoms with E-state index in [0.717, 1.165) is 23.0 Å². The van der Waals surface area contributed by atoms with E-state index in [0.29, 0.717) is 11.6 Å². The molecule has 10 heteroatoms. The first-order valence-electron chi connectivity index (χ1n) is 11.9. The van der Waals surface area contributed by atoms with Crippen molar-refractivity contribution in [2.75, 3.05) is 17.7 Å². The van der Waals surface area contributed by atoms with E-state index in [1.807, 2.05) is 52.0 Å². The number of benzene rings is 2. The molecule has 0 saturated heterocycles. The monoisotopic (exact) mass is 516 g/mol. The number of halogens is 1. The molecule has 0 atom stereocenters. The van der Waals surface area contributed by atoms with Gasteiger partial charge in [-0.3, -0.25) is 15.1 Å². The van der Waals surface area contributed by atoms with Crippen molar-refractivity contribution in [1.29, 1.82) is 0 Å². The molecular weight excluding hydrogens is 487 g/mol. The Morgan fingerprint density at radius 1 is 0.974 bits per heavy atom. The van der Waals surface area contributed by atoms with Gasteiger partial charge < -0.3 is 15.4 Å². The molecule has 0 aliphatic heterocycles. The number of carbonyl (C=O) groups is 2. The number of anilines is 2. The molecule has 4 rings (SSSR count). The smallest absolute Gasteiger partial charge is 0.324 e. The quantitative estimate of drug-likeness (QED) is 0.300. The number of rotatable bonds is 6. The maximum absolute atomic E-state index is 14.8. The van der Waals surface area contributed by atoms with Gasteiger partial charge in [-0.15, -0.1) is 0 Å². The second-order valence-electron chi connectivity index (χ2n) is 9.69. The van der Waals surface area contributed by atoms with E-state index in [9.17, 15) is 14.0 Å². The highest BCUT2D eigenvalue weighted by Crippen LogP contribution is 2.28. The van der Waals surface area contributed by atoms with Crippen LogP contribution in [0.3, 0.4) is 0 Å². The van der Waals surface area contributed by atoms with Crippen LogP contribution >= 0.6 is 0 Å². The molecule has 9 nitrogen and oxygen atoms in total. The van der Waals surface area contributed by atoms with Crippen LogP contribution in [0, 0.1) is 12.7 Å². The molecule has 4 aromatic rings. The van der Waals surface area contributed by atoms with Crippen LogP contribution in [0.15, 0.2) is 66.9 Å². The summed E-state index contributed by atoms with van der Waals surface area (Å²) in [6, 6.07) is 16.0. The Labute approximate surface area is 220 Å². The maximum Gasteiger partial charge on any atom is 0.324 e. The normalized spacial score (nSPS) is 11.1. The summed E-state index contributed by atoms with van der Waals surface area (Å²) in [7, 11) is 1.49. The van der Waals surface area contributed by atoms with Crippen molar-refractivity contribution in [2.45, 2.75) is 33.1 Å². The zero-order chi connectivity index (χ0) is 27.4. The second-order valence-corrected chi connectivity index (χ2v) is 9.69. The van der Waals surface area contributed by atoms with Crippen molar-refractivity contribution >= 4 is 23.4 Å². The van der Waals surface area contributed by atoms with Gasteiger partial charge in [0.25, 0.3) is 5.91 Å². The first-order chi connectivity index (χ1) is 18.0. The SMILES string of the molecule is CNC(=O)c1cc(Oc2ccc(NC(=O)Nc3cc(C(C)(C)C)nn3-c3cccc(C)c3)c(F)c2)ccn1. The topological polar surface area (TPSA) is 110 Å². The largest absolute Gasteiger partial charge is 0.457 e. The standard InChI is InChI=1S/C28H29FN6O3/c1-17-7-6-8-18(13-17)35-25(16-24(34-35)28(2,3)4)33-27(37)32-22-10-9-19(14-21(22)29)38-20-11-12-31-23(15-20)26(36)30-5/h6-16H,1-5H3,(H,30,36)(H2,32,33,37). The fourth-order valence-corrected chi connectivity index (χ4v) is 3.59. The van der Waals surface area contributed by atoms with E-state index < -0.39 is 11.8 Å². The Hall–Kier alpha value is -4.73. The minimum Gasteiger partial charge on any atom is -0.457 e. The lowest BCUT2D eigenvalue weighted by Crippen LogP contribution is -2.22. The van der Waals surface area contributed by atoms with Crippen molar-refractivity contribution in [3.8, 4) is 17.2 Å². The van der Waals surface area contributed by atoms with Crippen molar-refractivity contribution in [2.24, 2.45) is 0 Å². The van der Waals surface area contributed by atoms with Gasteiger partial charge in [-0.1, -0.05) is 32.9 Å². The summed E-state index contributed by atoms with van der Waals surface area (Å²) >= 11 is 0. The van der Waals surface area contributed by atoms with Crippen LogP contribution < -0.4 is 20.7 Å². The molecular formula is C28H29FN6O3. The average Bonchev–Trinajstić information content (AvgIpc) is 3.30. The van der Waals surface area contributed by atoms with Gasteiger partial charge in [0.05, 0.1) is 17.1 Å². The molecule has 2 heterocycles. The summed E-state index contributed by atoms with van der Waals surface area (Å²) in [5.74, 6) is -0.111. The van der Waals surface area contributed by atoms with Gasteiger partial charge in [0.2, 0.25) is 0 Å². The van der Waals surface area contributed by atoms with Crippen LogP contribution in [0.25, 0.3) is 5.69 Å². The first-order valence-corrected chi connectivity index (χ1v) is 11.9. The van der Waals surface area contributed by atoms with Crippen molar-refractivity contribution in [3.63, 3.8) is 0 Å². The van der Waals surface area contributed by atoms with Gasteiger partial charge in [0.15, 0.2) is 0 Å². The summed E-state index contributed by atoms with van der Waals surface area (Å²) in [6.07, 6.45) is 1.42. The van der Waals surface area contributed by atoms with Crippen LogP contribution in [0.4, 0.5) is 20.7 Å². The highest BCUT2D eigenvalue weighted by molar-refractivity contribution is 5.99. The molecule has 0 aliphatic carbocycles. The van der Waals surface area contributed by atoms with E-state index in [4.69, 9.17) is 9.84 Å². The fraction of sp³-hybridized carbons (Fsp3) is 0.214. The van der Waals surface area contributed by atoms with E-state index in [-0.39, 0.29) is 28.5 Å². The van der Waals surface area contributed by atoms with Gasteiger partial charge in [-0.25, -0.2) is 13.9 Å². The number of urea groups is 1. The molecule has 38 heavy (non-hydrogen) atoms. The number of ether oxygens (including phenoxy) is 1. The number of amides is 3. The molecule has 196 valence electrons. The molecule has 2 aromatic carbocycles. The van der Waals surface area contributed by atoms with Gasteiger partial charge in [0.1, 0.15) is 28.8 Å². The third kappa shape index (κ3) is 6.15. The Kier molecular flexibility index (Phi) is 7.43. The summed E-state index contributed by atoms with van der Waals surface area (Å²) in [5, 5.41) is 12.5. The average molecular weight is 517 g/mol. The highest BCUT2D eigenvalue weighted by atomic mass is 19.1. The molecule has 0 saturated carbocycles. The molecule has 0 spiro atoms. The van der Waals surface area contributed by atoms with Gasteiger partial charge in [0, 0.05) is 36.9 Å². The van der Waals surface area contributed by atoms with E-state index in [1.54, 1.807) is 16.8 Å². The van der Waals surface area contributed by atoms with Crippen LogP contribution in [-0.4, -0.2) is 33.8 Å². The van der Waals surface area contributed by atoms with Gasteiger partial charge in [-0.05, 0) is 42.8 Å². The molecule has 3 amide bonds. The predicted molar refractivity (Wildman–Crippen MR) is 144 cm³/mol. The molecule has 0 fully saturated rings. The third-order valence-corrected chi connectivity index (χ3v) is 5.58. The number of hydrogen-bond acceptors (Lipinski definition) is 5. The molecule has 0 unspecified atom stereocenters. The van der Waals surface area contributed by atoms with Crippen LogP contribution in [-0.2, 0) is 5.41 Å². The number of pyridine rings is 1. The Morgan fingerprint density at radius 3 is 2.42 bits per heavy atom. The number of aryl methyl sites for hydroxylation is 1. The van der Waals surface area contributed by atoms with Gasteiger partial charge in [-0.2, -0.15) is 5.10 Å². The zero-order valence-electron chi connectivity index (χ0n) is 21.8. The molecule has 0 bridgehead atoms. The molecule has 0 radical (unpaired) electrons. The Bertz CT molecular complexity index is 1490.